The number of nitrogens with two attached hydrogens (primary N) is 1. The number of furan rings is 1. The van der Waals surface area contributed by atoms with Crippen LogP contribution in [0.15, 0.2) is 16.5 Å². The van der Waals surface area contributed by atoms with Gasteiger partial charge in [-0.05, 0) is 26.0 Å². The fourth-order valence-corrected chi connectivity index (χ4v) is 0.885. The zero-order chi connectivity index (χ0) is 12.3. The molecule has 7 heteroatoms. The highest BCUT2D eigenvalue weighted by Gasteiger charge is 2.19. The van der Waals surface area contributed by atoms with Crippen molar-refractivity contribution >= 4 is 24.3 Å². The molecule has 0 aliphatic carbocycles. The van der Waals surface area contributed by atoms with Crippen LogP contribution in [0.4, 0.5) is 0 Å². The predicted molar refractivity (Wildman–Crippen MR) is 61.5 cm³/mol. The molecule has 0 spiro atoms. The zero-order valence-corrected chi connectivity index (χ0v) is 10.2. The van der Waals surface area contributed by atoms with Gasteiger partial charge in [-0.3, -0.25) is 0 Å². The van der Waals surface area contributed by atoms with Crippen molar-refractivity contribution in [2.24, 2.45) is 5.73 Å². The third-order valence-corrected chi connectivity index (χ3v) is 1.59. The van der Waals surface area contributed by atoms with Crippen LogP contribution in [-0.4, -0.2) is 29.2 Å². The molecule has 0 unspecified atom stereocenters. The molecular formula is C10H14ClNO5. The Labute approximate surface area is 104 Å². The lowest BCUT2D eigenvalue weighted by Gasteiger charge is -2.17. The van der Waals surface area contributed by atoms with E-state index in [1.165, 1.54) is 12.1 Å². The van der Waals surface area contributed by atoms with Crippen molar-refractivity contribution in [1.82, 2.24) is 0 Å². The van der Waals surface area contributed by atoms with Crippen LogP contribution < -0.4 is 5.73 Å². The van der Waals surface area contributed by atoms with Crippen LogP contribution in [0.25, 0.3) is 0 Å². The Kier molecular flexibility index (Phi) is 5.18. The summed E-state index contributed by atoms with van der Waals surface area (Å²) >= 11 is 0. The quantitative estimate of drug-likeness (QED) is 0.794. The van der Waals surface area contributed by atoms with Gasteiger partial charge in [0.1, 0.15) is 6.61 Å². The van der Waals surface area contributed by atoms with E-state index >= 15 is 0 Å². The van der Waals surface area contributed by atoms with Crippen LogP contribution in [0.2, 0.25) is 0 Å². The maximum Gasteiger partial charge on any atom is 0.374 e. The van der Waals surface area contributed by atoms with Crippen molar-refractivity contribution in [3.63, 3.8) is 0 Å². The second kappa shape index (κ2) is 5.70. The number of hydrogen-bond acceptors (Lipinski definition) is 5. The lowest BCUT2D eigenvalue weighted by Crippen LogP contribution is -2.38. The molecule has 6 nitrogen and oxygen atoms in total. The van der Waals surface area contributed by atoms with Gasteiger partial charge in [-0.25, -0.2) is 9.59 Å². The number of carboxylic acids is 1. The number of esters is 1. The summed E-state index contributed by atoms with van der Waals surface area (Å²) in [7, 11) is 0. The fourth-order valence-electron chi connectivity index (χ4n) is 0.885. The molecule has 1 aromatic rings. The summed E-state index contributed by atoms with van der Waals surface area (Å²) in [6, 6.07) is 2.43. The molecule has 0 atom stereocenters. The monoisotopic (exact) mass is 263 g/mol. The summed E-state index contributed by atoms with van der Waals surface area (Å²) in [5.41, 5.74) is 4.97. The van der Waals surface area contributed by atoms with Crippen molar-refractivity contribution in [3.8, 4) is 0 Å². The SMILES string of the molecule is CC(C)(N)COC(=O)c1ccc(C(=O)O)o1.Cl. The van der Waals surface area contributed by atoms with Crippen molar-refractivity contribution in [2.75, 3.05) is 6.61 Å². The third-order valence-electron chi connectivity index (χ3n) is 1.59. The average Bonchev–Trinajstić information content (AvgIpc) is 2.61. The minimum Gasteiger partial charge on any atom is -0.475 e. The highest BCUT2D eigenvalue weighted by Crippen LogP contribution is 2.10. The topological polar surface area (TPSA) is 103 Å². The molecule has 0 bridgehead atoms. The second-order valence-electron chi connectivity index (χ2n) is 4.03. The first-order valence-corrected chi connectivity index (χ1v) is 4.59. The van der Waals surface area contributed by atoms with Crippen molar-refractivity contribution < 1.29 is 23.8 Å². The van der Waals surface area contributed by atoms with E-state index in [0.717, 1.165) is 0 Å². The smallest absolute Gasteiger partial charge is 0.374 e. The van der Waals surface area contributed by atoms with Crippen LogP contribution >= 0.6 is 12.4 Å². The van der Waals surface area contributed by atoms with E-state index in [0.29, 0.717) is 0 Å². The van der Waals surface area contributed by atoms with Gasteiger partial charge in [0.25, 0.3) is 0 Å². The summed E-state index contributed by atoms with van der Waals surface area (Å²) in [5.74, 6) is -2.43. The van der Waals surface area contributed by atoms with Crippen LogP contribution in [0.5, 0.6) is 0 Å². The maximum absolute atomic E-state index is 11.4. The number of carbonyl (C=O) groups excluding carboxylic acids is 1. The number of aromatic carboxylic acids is 1. The summed E-state index contributed by atoms with van der Waals surface area (Å²) in [6.45, 7) is 3.42. The first kappa shape index (κ1) is 15.5. The Morgan fingerprint density at radius 1 is 1.41 bits per heavy atom. The van der Waals surface area contributed by atoms with Gasteiger partial charge in [-0.15, -0.1) is 12.4 Å². The highest BCUT2D eigenvalue weighted by atomic mass is 35.5. The highest BCUT2D eigenvalue weighted by molar-refractivity contribution is 5.90. The standard InChI is InChI=1S/C10H13NO5.ClH/c1-10(2,11)5-15-9(14)7-4-3-6(16-7)8(12)13;/h3-4H,5,11H2,1-2H3,(H,12,13);1H. The van der Waals surface area contributed by atoms with E-state index in [-0.39, 0.29) is 30.5 Å². The summed E-state index contributed by atoms with van der Waals surface area (Å²) < 4.78 is 9.59. The van der Waals surface area contributed by atoms with E-state index in [9.17, 15) is 9.59 Å². The molecule has 0 aromatic carbocycles. The molecule has 96 valence electrons. The number of carbonyl (C=O) groups is 2. The van der Waals surface area contributed by atoms with Gasteiger partial charge in [0.2, 0.25) is 11.5 Å². The zero-order valence-electron chi connectivity index (χ0n) is 9.43. The first-order chi connectivity index (χ1) is 7.29. The minimum absolute atomic E-state index is 0. The third kappa shape index (κ3) is 4.88. The lowest BCUT2D eigenvalue weighted by molar-refractivity contribution is 0.0393. The van der Waals surface area contributed by atoms with Gasteiger partial charge in [0, 0.05) is 5.54 Å². The Morgan fingerprint density at radius 3 is 2.35 bits per heavy atom. The van der Waals surface area contributed by atoms with Crippen molar-refractivity contribution in [2.45, 2.75) is 19.4 Å². The Balaban J connectivity index is 0.00000256. The normalized spacial score (nSPS) is 10.5. The van der Waals surface area contributed by atoms with Gasteiger partial charge >= 0.3 is 11.9 Å². The summed E-state index contributed by atoms with van der Waals surface area (Å²) in [4.78, 5) is 21.9. The molecule has 0 aliphatic heterocycles. The maximum atomic E-state index is 11.4. The van der Waals surface area contributed by atoms with Crippen LogP contribution in [0.1, 0.15) is 35.0 Å². The molecule has 0 saturated carbocycles. The molecule has 0 amide bonds. The number of ether oxygens (including phenoxy) is 1. The van der Waals surface area contributed by atoms with Crippen LogP contribution in [0, 0.1) is 0 Å². The number of rotatable bonds is 4. The average molecular weight is 264 g/mol. The molecule has 0 fully saturated rings. The summed E-state index contributed by atoms with van der Waals surface area (Å²) in [5, 5.41) is 8.57. The van der Waals surface area contributed by atoms with Gasteiger partial charge in [-0.1, -0.05) is 0 Å². The molecule has 1 aromatic heterocycles. The first-order valence-electron chi connectivity index (χ1n) is 4.59. The minimum atomic E-state index is -1.24. The second-order valence-corrected chi connectivity index (χ2v) is 4.03. The Morgan fingerprint density at radius 2 is 1.94 bits per heavy atom. The largest absolute Gasteiger partial charge is 0.475 e. The van der Waals surface area contributed by atoms with E-state index in [2.05, 4.69) is 0 Å². The molecule has 17 heavy (non-hydrogen) atoms. The van der Waals surface area contributed by atoms with Crippen LogP contribution in [-0.2, 0) is 4.74 Å². The van der Waals surface area contributed by atoms with E-state index < -0.39 is 17.5 Å². The van der Waals surface area contributed by atoms with Gasteiger partial charge in [-0.2, -0.15) is 0 Å². The fraction of sp³-hybridized carbons (Fsp3) is 0.400. The number of halogens is 1. The number of carboxylic acid groups (broad SMARTS) is 1. The van der Waals surface area contributed by atoms with Gasteiger partial charge in [0.05, 0.1) is 0 Å². The molecule has 3 N–H and O–H groups in total. The van der Waals surface area contributed by atoms with E-state index in [4.69, 9.17) is 20.0 Å². The Bertz CT molecular complexity index is 407. The van der Waals surface area contributed by atoms with Crippen LogP contribution in [0.3, 0.4) is 0 Å². The van der Waals surface area contributed by atoms with E-state index in [1.54, 1.807) is 13.8 Å². The molecule has 0 saturated heterocycles. The Hall–Kier alpha value is -1.53. The predicted octanol–water partition coefficient (Wildman–Crippen LogP) is 1.29. The molecule has 1 heterocycles. The summed E-state index contributed by atoms with van der Waals surface area (Å²) in [6.07, 6.45) is 0. The van der Waals surface area contributed by atoms with E-state index in [1.807, 2.05) is 0 Å². The number of hydrogen-bond donors (Lipinski definition) is 2. The molecule has 0 radical (unpaired) electrons. The lowest BCUT2D eigenvalue weighted by atomic mass is 10.1. The van der Waals surface area contributed by atoms with Crippen molar-refractivity contribution in [3.05, 3.63) is 23.7 Å². The molecule has 1 rings (SSSR count). The molecule has 0 aliphatic rings. The van der Waals surface area contributed by atoms with Crippen molar-refractivity contribution in [1.29, 1.82) is 0 Å². The van der Waals surface area contributed by atoms with Gasteiger partial charge in [0.15, 0.2) is 0 Å². The van der Waals surface area contributed by atoms with Gasteiger partial charge < -0.3 is 20.0 Å². The molecular weight excluding hydrogens is 250 g/mol.